The van der Waals surface area contributed by atoms with Crippen LogP contribution in [0, 0.1) is 5.92 Å². The third-order valence-corrected chi connectivity index (χ3v) is 7.19. The van der Waals surface area contributed by atoms with E-state index in [4.69, 9.17) is 18.9 Å². The molecule has 1 heterocycles. The molecule has 5 atom stereocenters. The van der Waals surface area contributed by atoms with Crippen molar-refractivity contribution in [2.75, 3.05) is 7.11 Å². The molecule has 0 spiro atoms. The largest absolute Gasteiger partial charge is 0.507 e. The molecule has 4 rings (SSSR count). The van der Waals surface area contributed by atoms with Crippen LogP contribution < -0.4 is 9.47 Å². The summed E-state index contributed by atoms with van der Waals surface area (Å²) in [4.78, 5) is 26.0. The van der Waals surface area contributed by atoms with Crippen LogP contribution in [0.4, 0.5) is 0 Å². The van der Waals surface area contributed by atoms with Gasteiger partial charge >= 0.3 is 11.9 Å². The number of hydrogen-bond donors (Lipinski definition) is 3. The Hall–Kier alpha value is -4.60. The Bertz CT molecular complexity index is 1450. The SMILES string of the molecule is COc1ccc(COc2cc(O)c3c(c2)/C=C/C[C@H](O)[C@H](O)C(OC(=O)c2ccccc2)/C=C\[C@@H](C)[C@H](C)OC3=O)cc1. The smallest absolute Gasteiger partial charge is 0.342 e. The van der Waals surface area contributed by atoms with E-state index in [0.29, 0.717) is 22.6 Å². The van der Waals surface area contributed by atoms with Gasteiger partial charge in [0.2, 0.25) is 0 Å². The minimum Gasteiger partial charge on any atom is -0.507 e. The second-order valence-electron chi connectivity index (χ2n) is 10.3. The van der Waals surface area contributed by atoms with Crippen LogP contribution in [0.5, 0.6) is 17.2 Å². The van der Waals surface area contributed by atoms with Crippen LogP contribution in [0.25, 0.3) is 6.08 Å². The molecule has 0 aromatic heterocycles. The molecule has 3 aromatic carbocycles. The Kier molecular flexibility index (Phi) is 10.6. The summed E-state index contributed by atoms with van der Waals surface area (Å²) >= 11 is 0. The van der Waals surface area contributed by atoms with Gasteiger partial charge in [-0.05, 0) is 60.9 Å². The molecule has 9 nitrogen and oxygen atoms in total. The predicted octanol–water partition coefficient (Wildman–Crippen LogP) is 5.08. The van der Waals surface area contributed by atoms with Crippen LogP contribution in [0.2, 0.25) is 0 Å². The van der Waals surface area contributed by atoms with Crippen molar-refractivity contribution in [3.05, 3.63) is 107 Å². The number of benzene rings is 3. The van der Waals surface area contributed by atoms with Crippen molar-refractivity contribution in [3.63, 3.8) is 0 Å². The molecule has 1 unspecified atom stereocenters. The zero-order valence-electron chi connectivity index (χ0n) is 24.3. The first-order valence-electron chi connectivity index (χ1n) is 14.0. The fourth-order valence-electron chi connectivity index (χ4n) is 4.41. The summed E-state index contributed by atoms with van der Waals surface area (Å²) in [6.45, 7) is 3.68. The second kappa shape index (κ2) is 14.5. The molecule has 226 valence electrons. The number of rotatable bonds is 6. The van der Waals surface area contributed by atoms with Gasteiger partial charge in [0.15, 0.2) is 0 Å². The highest BCUT2D eigenvalue weighted by Gasteiger charge is 2.29. The molecule has 1 aliphatic heterocycles. The van der Waals surface area contributed by atoms with Crippen LogP contribution in [0.1, 0.15) is 52.1 Å². The van der Waals surface area contributed by atoms with Crippen LogP contribution in [0.15, 0.2) is 85.0 Å². The minimum absolute atomic E-state index is 0.0491. The fourth-order valence-corrected chi connectivity index (χ4v) is 4.41. The molecule has 0 aliphatic carbocycles. The Balaban J connectivity index is 1.59. The number of phenols is 1. The van der Waals surface area contributed by atoms with Gasteiger partial charge in [0, 0.05) is 12.0 Å². The Morgan fingerprint density at radius 1 is 0.977 bits per heavy atom. The van der Waals surface area contributed by atoms with Gasteiger partial charge in [-0.25, -0.2) is 9.59 Å². The average Bonchev–Trinajstić information content (AvgIpc) is 3.01. The van der Waals surface area contributed by atoms with Crippen molar-refractivity contribution in [1.29, 1.82) is 0 Å². The number of aliphatic hydroxyl groups is 2. The summed E-state index contributed by atoms with van der Waals surface area (Å²) < 4.78 is 22.3. The van der Waals surface area contributed by atoms with E-state index in [9.17, 15) is 24.9 Å². The molecule has 0 saturated heterocycles. The van der Waals surface area contributed by atoms with Crippen LogP contribution in [-0.2, 0) is 16.1 Å². The second-order valence-corrected chi connectivity index (χ2v) is 10.3. The standard InChI is InChI=1S/C34H36O9/c1-21-12-17-30(43-33(38)24-8-5-4-6-9-24)32(37)28(35)11-7-10-25-18-27(19-29(36)31(25)34(39)42-22(21)2)41-20-23-13-15-26(40-3)16-14-23/h4-10,12-19,21-22,28,30,32,35-37H,11,20H2,1-3H3/b10-7+,17-12-/t21-,22+,28+,30?,32+/m1/s1. The number of carbonyl (C=O) groups is 2. The van der Waals surface area contributed by atoms with Crippen LogP contribution in [0.3, 0.4) is 0 Å². The lowest BCUT2D eigenvalue weighted by molar-refractivity contribution is -0.0521. The molecule has 0 radical (unpaired) electrons. The first-order valence-corrected chi connectivity index (χ1v) is 14.0. The number of esters is 2. The van der Waals surface area contributed by atoms with Crippen molar-refractivity contribution < 1.29 is 43.9 Å². The summed E-state index contributed by atoms with van der Waals surface area (Å²) in [6.07, 6.45) is 1.58. The fraction of sp³-hybridized carbons (Fsp3) is 0.294. The topological polar surface area (TPSA) is 132 Å². The lowest BCUT2D eigenvalue weighted by Gasteiger charge is -2.25. The molecule has 0 saturated carbocycles. The van der Waals surface area contributed by atoms with Crippen molar-refractivity contribution in [3.8, 4) is 17.2 Å². The Morgan fingerprint density at radius 3 is 2.40 bits per heavy atom. The van der Waals surface area contributed by atoms with E-state index in [-0.39, 0.29) is 30.3 Å². The van der Waals surface area contributed by atoms with Gasteiger partial charge in [-0.15, -0.1) is 0 Å². The predicted molar refractivity (Wildman–Crippen MR) is 160 cm³/mol. The zero-order chi connectivity index (χ0) is 30.9. The summed E-state index contributed by atoms with van der Waals surface area (Å²) in [5, 5.41) is 32.6. The maximum Gasteiger partial charge on any atom is 0.342 e. The molecular weight excluding hydrogens is 552 g/mol. The lowest BCUT2D eigenvalue weighted by Crippen LogP contribution is -2.39. The molecule has 43 heavy (non-hydrogen) atoms. The molecule has 3 N–H and O–H groups in total. The third-order valence-electron chi connectivity index (χ3n) is 7.19. The highest BCUT2D eigenvalue weighted by Crippen LogP contribution is 2.32. The number of fused-ring (bicyclic) bond motifs is 1. The van der Waals surface area contributed by atoms with Crippen LogP contribution in [-0.4, -0.2) is 58.8 Å². The number of cyclic esters (lactones) is 1. The van der Waals surface area contributed by atoms with E-state index in [1.165, 1.54) is 18.2 Å². The van der Waals surface area contributed by atoms with Crippen molar-refractivity contribution in [2.24, 2.45) is 5.92 Å². The number of hydrogen-bond acceptors (Lipinski definition) is 9. The van der Waals surface area contributed by atoms with E-state index in [0.717, 1.165) is 5.56 Å². The number of aliphatic hydroxyl groups excluding tert-OH is 2. The highest BCUT2D eigenvalue weighted by atomic mass is 16.6. The van der Waals surface area contributed by atoms with E-state index >= 15 is 0 Å². The summed E-state index contributed by atoms with van der Waals surface area (Å²) in [5.41, 5.74) is 1.41. The maximum atomic E-state index is 13.2. The van der Waals surface area contributed by atoms with Gasteiger partial charge in [0.05, 0.1) is 18.8 Å². The first-order chi connectivity index (χ1) is 20.7. The number of phenolic OH excluding ortho intramolecular Hbond substituents is 1. The van der Waals surface area contributed by atoms with E-state index in [2.05, 4.69) is 0 Å². The van der Waals surface area contributed by atoms with E-state index < -0.39 is 36.4 Å². The van der Waals surface area contributed by atoms with Gasteiger partial charge in [-0.1, -0.05) is 55.5 Å². The highest BCUT2D eigenvalue weighted by molar-refractivity contribution is 5.97. The summed E-state index contributed by atoms with van der Waals surface area (Å²) in [5.74, 6) is -1.07. The summed E-state index contributed by atoms with van der Waals surface area (Å²) in [7, 11) is 1.58. The Labute approximate surface area is 250 Å². The van der Waals surface area contributed by atoms with Crippen molar-refractivity contribution in [2.45, 2.75) is 51.3 Å². The van der Waals surface area contributed by atoms with E-state index in [1.807, 2.05) is 24.3 Å². The van der Waals surface area contributed by atoms with Gasteiger partial charge in [0.1, 0.15) is 47.7 Å². The minimum atomic E-state index is -1.45. The van der Waals surface area contributed by atoms with E-state index in [1.54, 1.807) is 69.5 Å². The molecule has 3 aromatic rings. The van der Waals surface area contributed by atoms with Crippen molar-refractivity contribution in [1.82, 2.24) is 0 Å². The molecule has 0 bridgehead atoms. The molecule has 0 fully saturated rings. The number of ether oxygens (including phenoxy) is 4. The Morgan fingerprint density at radius 2 is 1.70 bits per heavy atom. The summed E-state index contributed by atoms with van der Waals surface area (Å²) in [6, 6.07) is 18.6. The molecule has 9 heteroatoms. The lowest BCUT2D eigenvalue weighted by atomic mass is 9.98. The molecule has 1 aliphatic rings. The quantitative estimate of drug-likeness (QED) is 0.266. The molecular formula is C34H36O9. The van der Waals surface area contributed by atoms with Crippen molar-refractivity contribution >= 4 is 18.0 Å². The number of aromatic hydroxyl groups is 1. The zero-order valence-corrected chi connectivity index (χ0v) is 24.3. The van der Waals surface area contributed by atoms with Gasteiger partial charge in [0.25, 0.3) is 0 Å². The van der Waals surface area contributed by atoms with Gasteiger partial charge in [-0.2, -0.15) is 0 Å². The van der Waals surface area contributed by atoms with Gasteiger partial charge in [-0.3, -0.25) is 0 Å². The maximum absolute atomic E-state index is 13.2. The van der Waals surface area contributed by atoms with Crippen LogP contribution >= 0.6 is 0 Å². The normalized spacial score (nSPS) is 24.0. The molecule has 0 amide bonds. The van der Waals surface area contributed by atoms with Gasteiger partial charge < -0.3 is 34.3 Å². The number of methoxy groups -OCH3 is 1. The average molecular weight is 589 g/mol. The third kappa shape index (κ3) is 8.24. The number of carbonyl (C=O) groups excluding carboxylic acids is 2. The first kappa shape index (κ1) is 31.3. The monoisotopic (exact) mass is 588 g/mol.